The molecule has 0 saturated carbocycles. The Morgan fingerprint density at radius 2 is 1.40 bits per heavy atom. The van der Waals surface area contributed by atoms with E-state index in [9.17, 15) is 19.4 Å². The zero-order chi connectivity index (χ0) is 8.53. The van der Waals surface area contributed by atoms with Gasteiger partial charge in [-0.2, -0.15) is 0 Å². The molecule has 0 aliphatic rings. The Balaban J connectivity index is 4.13. The maximum Gasteiger partial charge on any atom is 0.285 e. The minimum absolute atomic E-state index is 0.131. The van der Waals surface area contributed by atoms with E-state index < -0.39 is 22.4 Å². The van der Waals surface area contributed by atoms with E-state index in [-0.39, 0.29) is 6.42 Å². The maximum atomic E-state index is 11.4. The van der Waals surface area contributed by atoms with Crippen molar-refractivity contribution in [3.05, 3.63) is 0 Å². The minimum Gasteiger partial charge on any atom is -0.0978 e. The standard InChI is InChI=1S/C4H9F5S/c1-2-3-4-10(5,6,7,8)9/h2-4H2,1H3. The molecule has 0 radical (unpaired) electrons. The number of hydrogen-bond acceptors (Lipinski definition) is 0. The zero-order valence-electron chi connectivity index (χ0n) is 5.42. The van der Waals surface area contributed by atoms with E-state index in [4.69, 9.17) is 0 Å². The highest BCUT2D eigenvalue weighted by atomic mass is 32.5. The first-order chi connectivity index (χ1) is 4.04. The van der Waals surface area contributed by atoms with Gasteiger partial charge in [-0.3, -0.25) is 0 Å². The Morgan fingerprint density at radius 1 is 1.00 bits per heavy atom. The lowest BCUT2D eigenvalue weighted by atomic mass is 10.4. The van der Waals surface area contributed by atoms with Crippen LogP contribution in [-0.4, -0.2) is 5.75 Å². The molecule has 0 fully saturated rings. The fraction of sp³-hybridized carbons (Fsp3) is 1.00. The monoisotopic (exact) mass is 184 g/mol. The van der Waals surface area contributed by atoms with E-state index in [0.717, 1.165) is 0 Å². The molecule has 0 bridgehead atoms. The van der Waals surface area contributed by atoms with E-state index in [0.29, 0.717) is 0 Å². The SMILES string of the molecule is CCCCS(F)(F)(F)(F)F. The Hall–Kier alpha value is -0.0000000000000000555. The lowest BCUT2D eigenvalue weighted by molar-refractivity contribution is 0.361. The molecule has 0 aliphatic carbocycles. The summed E-state index contributed by atoms with van der Waals surface area (Å²) in [6.07, 6.45) is -0.357. The van der Waals surface area contributed by atoms with Crippen molar-refractivity contribution in [2.45, 2.75) is 19.8 Å². The van der Waals surface area contributed by atoms with Gasteiger partial charge < -0.3 is 0 Å². The van der Waals surface area contributed by atoms with Gasteiger partial charge in [0.05, 0.1) is 5.75 Å². The van der Waals surface area contributed by atoms with Gasteiger partial charge in [-0.05, 0) is 6.42 Å². The molecular formula is C4H9F5S. The number of unbranched alkanes of at least 4 members (excludes halogenated alkanes) is 1. The molecule has 0 atom stereocenters. The summed E-state index contributed by atoms with van der Waals surface area (Å²) in [5, 5.41) is 0. The first-order valence-electron chi connectivity index (χ1n) is 2.77. The van der Waals surface area contributed by atoms with Crippen LogP contribution in [-0.2, 0) is 0 Å². The molecule has 0 heterocycles. The van der Waals surface area contributed by atoms with Gasteiger partial charge >= 0.3 is 0 Å². The minimum atomic E-state index is -9.06. The summed E-state index contributed by atoms with van der Waals surface area (Å²) in [5.74, 6) is -1.92. The van der Waals surface area contributed by atoms with Crippen LogP contribution in [0.2, 0.25) is 0 Å². The van der Waals surface area contributed by atoms with E-state index >= 15 is 0 Å². The molecule has 0 nitrogen and oxygen atoms in total. The van der Waals surface area contributed by atoms with Crippen molar-refractivity contribution in [1.29, 1.82) is 0 Å². The molecule has 0 saturated heterocycles. The highest BCUT2D eigenvalue weighted by Crippen LogP contribution is 2.97. The maximum absolute atomic E-state index is 11.4. The van der Waals surface area contributed by atoms with E-state index in [1.165, 1.54) is 6.92 Å². The van der Waals surface area contributed by atoms with Crippen LogP contribution in [0.4, 0.5) is 19.4 Å². The van der Waals surface area contributed by atoms with Gasteiger partial charge in [0.1, 0.15) is 0 Å². The lowest BCUT2D eigenvalue weighted by Crippen LogP contribution is -2.10. The van der Waals surface area contributed by atoms with Crippen LogP contribution in [0.3, 0.4) is 0 Å². The average molecular weight is 184 g/mol. The van der Waals surface area contributed by atoms with Crippen LogP contribution < -0.4 is 0 Å². The summed E-state index contributed by atoms with van der Waals surface area (Å²) >= 11 is 0. The Bertz CT molecular complexity index is 119. The molecule has 0 unspecified atom stereocenters. The largest absolute Gasteiger partial charge is 0.285 e. The summed E-state index contributed by atoms with van der Waals surface area (Å²) in [4.78, 5) is 0. The molecule has 0 aromatic carbocycles. The molecule has 0 aromatic rings. The van der Waals surface area contributed by atoms with Gasteiger partial charge in [0.15, 0.2) is 0 Å². The summed E-state index contributed by atoms with van der Waals surface area (Å²) < 4.78 is 57.0. The van der Waals surface area contributed by atoms with Crippen LogP contribution in [0.25, 0.3) is 0 Å². The van der Waals surface area contributed by atoms with Crippen molar-refractivity contribution >= 4 is 10.2 Å². The van der Waals surface area contributed by atoms with Crippen LogP contribution in [0.1, 0.15) is 19.8 Å². The highest BCUT2D eigenvalue weighted by Gasteiger charge is 2.62. The molecule has 0 aliphatic heterocycles. The molecule has 10 heavy (non-hydrogen) atoms. The molecule has 0 amide bonds. The zero-order valence-corrected chi connectivity index (χ0v) is 6.24. The Kier molecular flexibility index (Phi) is 1.78. The lowest BCUT2D eigenvalue weighted by Gasteiger charge is -2.40. The summed E-state index contributed by atoms with van der Waals surface area (Å²) in [5.41, 5.74) is 0. The van der Waals surface area contributed by atoms with Crippen molar-refractivity contribution in [2.24, 2.45) is 0 Å². The highest BCUT2D eigenvalue weighted by molar-refractivity contribution is 8.45. The third-order valence-electron chi connectivity index (χ3n) is 0.884. The fourth-order valence-corrected chi connectivity index (χ4v) is 1.25. The first-order valence-corrected chi connectivity index (χ1v) is 4.89. The van der Waals surface area contributed by atoms with E-state index in [1.54, 1.807) is 0 Å². The summed E-state index contributed by atoms with van der Waals surface area (Å²) in [7, 11) is -9.06. The molecular weight excluding hydrogens is 175 g/mol. The van der Waals surface area contributed by atoms with Gasteiger partial charge in [-0.15, -0.1) is 0 Å². The average Bonchev–Trinajstić information content (AvgIpc) is 1.55. The molecule has 66 valence electrons. The first kappa shape index (κ1) is 10.0. The molecule has 0 rings (SSSR count). The number of hydrogen-bond donors (Lipinski definition) is 0. The smallest absolute Gasteiger partial charge is 0.0978 e. The van der Waals surface area contributed by atoms with Crippen molar-refractivity contribution in [1.82, 2.24) is 0 Å². The van der Waals surface area contributed by atoms with Gasteiger partial charge in [0.25, 0.3) is 10.2 Å². The van der Waals surface area contributed by atoms with Gasteiger partial charge in [-0.1, -0.05) is 32.8 Å². The van der Waals surface area contributed by atoms with E-state index in [2.05, 4.69) is 0 Å². The second-order valence-electron chi connectivity index (χ2n) is 2.19. The molecule has 0 N–H and O–H groups in total. The van der Waals surface area contributed by atoms with Crippen LogP contribution in [0, 0.1) is 0 Å². The fourth-order valence-electron chi connectivity index (χ4n) is 0.417. The van der Waals surface area contributed by atoms with Crippen molar-refractivity contribution in [3.63, 3.8) is 0 Å². The summed E-state index contributed by atoms with van der Waals surface area (Å²) in [6.45, 7) is 1.43. The third kappa shape index (κ3) is 8.00. The quantitative estimate of drug-likeness (QED) is 0.579. The normalized spacial score (nSPS) is 19.8. The second-order valence-corrected chi connectivity index (χ2v) is 4.85. The Morgan fingerprint density at radius 3 is 1.50 bits per heavy atom. The van der Waals surface area contributed by atoms with Crippen LogP contribution in [0.15, 0.2) is 0 Å². The predicted octanol–water partition coefficient (Wildman–Crippen LogP) is 4.09. The topological polar surface area (TPSA) is 0 Å². The second kappa shape index (κ2) is 1.78. The van der Waals surface area contributed by atoms with Crippen LogP contribution >= 0.6 is 10.2 Å². The third-order valence-corrected chi connectivity index (χ3v) is 1.94. The molecule has 0 aromatic heterocycles. The van der Waals surface area contributed by atoms with Gasteiger partial charge in [-0.25, -0.2) is 0 Å². The predicted molar refractivity (Wildman–Crippen MR) is 32.9 cm³/mol. The Labute approximate surface area is 56.1 Å². The van der Waals surface area contributed by atoms with Crippen molar-refractivity contribution < 1.29 is 19.4 Å². The molecule has 6 heteroatoms. The molecule has 0 spiro atoms. The van der Waals surface area contributed by atoms with Gasteiger partial charge in [0, 0.05) is 0 Å². The van der Waals surface area contributed by atoms with Crippen molar-refractivity contribution in [3.8, 4) is 0 Å². The van der Waals surface area contributed by atoms with Crippen LogP contribution in [0.5, 0.6) is 0 Å². The number of rotatable bonds is 3. The summed E-state index contributed by atoms with van der Waals surface area (Å²) in [6, 6.07) is 0. The van der Waals surface area contributed by atoms with E-state index in [1.807, 2.05) is 0 Å². The van der Waals surface area contributed by atoms with Gasteiger partial charge in [0.2, 0.25) is 0 Å². The van der Waals surface area contributed by atoms with Crippen molar-refractivity contribution in [2.75, 3.05) is 5.75 Å². The number of halogens is 5.